The van der Waals surface area contributed by atoms with Crippen LogP contribution in [0.5, 0.6) is 0 Å². The Kier molecular flexibility index (Phi) is 5.78. The molecule has 0 aliphatic heterocycles. The Morgan fingerprint density at radius 1 is 0.806 bits per heavy atom. The van der Waals surface area contributed by atoms with Gasteiger partial charge in [-0.3, -0.25) is 0 Å². The van der Waals surface area contributed by atoms with E-state index in [1.807, 2.05) is 0 Å². The van der Waals surface area contributed by atoms with Gasteiger partial charge in [0.05, 0.1) is 0 Å². The van der Waals surface area contributed by atoms with Crippen molar-refractivity contribution in [3.63, 3.8) is 0 Å². The molecule has 0 nitrogen and oxygen atoms in total. The fourth-order valence-electron chi connectivity index (χ4n) is 7.58. The van der Waals surface area contributed by atoms with Crippen LogP contribution in [0.25, 0.3) is 11.1 Å². The summed E-state index contributed by atoms with van der Waals surface area (Å²) < 4.78 is 0. The summed E-state index contributed by atoms with van der Waals surface area (Å²) in [7, 11) is -0.746. The average molecular weight is 435 g/mol. The Labute approximate surface area is 192 Å². The van der Waals surface area contributed by atoms with Crippen molar-refractivity contribution in [2.45, 2.75) is 82.6 Å². The molecule has 1 fully saturated rings. The molecule has 168 valence electrons. The Bertz CT molecular complexity index is 941. The monoisotopic (exact) mass is 434 g/mol. The summed E-state index contributed by atoms with van der Waals surface area (Å²) in [5.74, 6) is 2.45. The third-order valence-corrected chi connectivity index (χ3v) is 13.5. The third kappa shape index (κ3) is 3.60. The van der Waals surface area contributed by atoms with Gasteiger partial charge in [0, 0.05) is 5.25 Å². The molecule has 0 aromatic heterocycles. The van der Waals surface area contributed by atoms with E-state index in [2.05, 4.69) is 69.7 Å². The lowest BCUT2D eigenvalue weighted by Crippen LogP contribution is -2.37. The molecule has 0 heterocycles. The highest BCUT2D eigenvalue weighted by molar-refractivity contribution is 8.33. The summed E-state index contributed by atoms with van der Waals surface area (Å²) in [6.07, 6.45) is 16.4. The molecular weight excluding hydrogens is 392 g/mol. The van der Waals surface area contributed by atoms with Crippen molar-refractivity contribution < 1.29 is 0 Å². The lowest BCUT2D eigenvalue weighted by atomic mass is 9.73. The van der Waals surface area contributed by atoms with E-state index in [1.54, 1.807) is 27.8 Å². The van der Waals surface area contributed by atoms with Crippen molar-refractivity contribution in [3.05, 3.63) is 58.7 Å². The molecule has 1 saturated carbocycles. The van der Waals surface area contributed by atoms with Crippen LogP contribution in [0.1, 0.15) is 80.4 Å². The van der Waals surface area contributed by atoms with Crippen molar-refractivity contribution in [3.8, 4) is 11.1 Å². The van der Waals surface area contributed by atoms with Gasteiger partial charge < -0.3 is 0 Å². The molecule has 3 aliphatic carbocycles. The number of fused-ring (bicyclic) bond motifs is 2. The minimum absolute atomic E-state index is 0.746. The van der Waals surface area contributed by atoms with E-state index < -0.39 is 10.0 Å². The van der Waals surface area contributed by atoms with E-state index in [0.29, 0.717) is 0 Å². The van der Waals surface area contributed by atoms with Gasteiger partial charge in [-0.15, -0.1) is 0 Å². The molecule has 5 unspecified atom stereocenters. The van der Waals surface area contributed by atoms with Gasteiger partial charge in [-0.2, -0.15) is 0 Å². The molecule has 0 amide bonds. The molecule has 5 rings (SSSR count). The molecule has 0 N–H and O–H groups in total. The molecule has 31 heavy (non-hydrogen) atoms. The van der Waals surface area contributed by atoms with Crippen molar-refractivity contribution in [1.82, 2.24) is 0 Å². The van der Waals surface area contributed by atoms with Crippen LogP contribution in [0.15, 0.2) is 36.4 Å². The van der Waals surface area contributed by atoms with Crippen LogP contribution >= 0.6 is 10.0 Å². The summed E-state index contributed by atoms with van der Waals surface area (Å²) in [6, 6.07) is 14.1. The lowest BCUT2D eigenvalue weighted by Gasteiger charge is -2.55. The second kappa shape index (κ2) is 8.29. The van der Waals surface area contributed by atoms with Gasteiger partial charge in [0.15, 0.2) is 0 Å². The number of hydrogen-bond acceptors (Lipinski definition) is 0. The minimum atomic E-state index is -0.746. The highest BCUT2D eigenvalue weighted by Crippen LogP contribution is 2.68. The van der Waals surface area contributed by atoms with Gasteiger partial charge in [0.25, 0.3) is 0 Å². The van der Waals surface area contributed by atoms with Crippen molar-refractivity contribution in [1.29, 1.82) is 0 Å². The van der Waals surface area contributed by atoms with Crippen LogP contribution in [0.4, 0.5) is 0 Å². The van der Waals surface area contributed by atoms with Crippen molar-refractivity contribution in [2.75, 3.05) is 12.5 Å². The predicted octanol–water partition coefficient (Wildman–Crippen LogP) is 8.35. The van der Waals surface area contributed by atoms with E-state index in [0.717, 1.165) is 28.3 Å². The molecule has 0 radical (unpaired) electrons. The second-order valence-electron chi connectivity index (χ2n) is 11.4. The van der Waals surface area contributed by atoms with Crippen LogP contribution in [0.2, 0.25) is 0 Å². The Morgan fingerprint density at radius 2 is 1.55 bits per heavy atom. The van der Waals surface area contributed by atoms with Crippen LogP contribution in [0.3, 0.4) is 0 Å². The first-order valence-electron chi connectivity index (χ1n) is 12.8. The zero-order valence-corrected chi connectivity index (χ0v) is 21.2. The number of hydrogen-bond donors (Lipinski definition) is 0. The summed E-state index contributed by atoms with van der Waals surface area (Å²) in [5, 5.41) is 1.69. The van der Waals surface area contributed by atoms with Crippen LogP contribution < -0.4 is 0 Å². The summed E-state index contributed by atoms with van der Waals surface area (Å²) in [6.45, 7) is 7.70. The van der Waals surface area contributed by atoms with E-state index in [-0.39, 0.29) is 0 Å². The minimum Gasteiger partial charge on any atom is -0.237 e. The fraction of sp³-hybridized carbons (Fsp3) is 0.600. The third-order valence-electron chi connectivity index (χ3n) is 9.28. The highest BCUT2D eigenvalue weighted by Gasteiger charge is 2.45. The second-order valence-corrected chi connectivity index (χ2v) is 15.5. The summed E-state index contributed by atoms with van der Waals surface area (Å²) in [4.78, 5) is 0. The summed E-state index contributed by atoms with van der Waals surface area (Å²) in [5.41, 5.74) is 9.97. The Morgan fingerprint density at radius 3 is 2.29 bits per heavy atom. The first kappa shape index (κ1) is 21.6. The predicted molar refractivity (Wildman–Crippen MR) is 140 cm³/mol. The fourth-order valence-corrected chi connectivity index (χ4v) is 12.3. The maximum Gasteiger partial charge on any atom is 0.0169 e. The number of aryl methyl sites for hydroxylation is 1. The van der Waals surface area contributed by atoms with E-state index in [9.17, 15) is 0 Å². The van der Waals surface area contributed by atoms with Crippen molar-refractivity contribution >= 4 is 10.0 Å². The molecule has 5 atom stereocenters. The largest absolute Gasteiger partial charge is 0.237 e. The van der Waals surface area contributed by atoms with Gasteiger partial charge in [-0.25, -0.2) is 10.0 Å². The molecule has 0 bridgehead atoms. The molecule has 3 aliphatic rings. The van der Waals surface area contributed by atoms with E-state index in [4.69, 9.17) is 0 Å². The van der Waals surface area contributed by atoms with Crippen LogP contribution in [0, 0.1) is 17.8 Å². The van der Waals surface area contributed by atoms with E-state index in [1.165, 1.54) is 56.9 Å². The SMILES string of the molecule is CC1Cc2c(cc3c(c2-c2ccccc2)CCC3)C(S(C)(C)C2CCCCC2C)C1C. The molecule has 0 saturated heterocycles. The summed E-state index contributed by atoms with van der Waals surface area (Å²) >= 11 is 0. The maximum atomic E-state index is 2.72. The Hall–Kier alpha value is -1.21. The first-order valence-corrected chi connectivity index (χ1v) is 15.4. The van der Waals surface area contributed by atoms with Crippen molar-refractivity contribution in [2.24, 2.45) is 17.8 Å². The number of benzene rings is 2. The Balaban J connectivity index is 1.70. The van der Waals surface area contributed by atoms with Crippen LogP contribution in [-0.4, -0.2) is 17.8 Å². The van der Waals surface area contributed by atoms with Gasteiger partial charge >= 0.3 is 0 Å². The molecule has 1 heteroatoms. The average Bonchev–Trinajstić information content (AvgIpc) is 3.22. The highest BCUT2D eigenvalue weighted by atomic mass is 32.3. The topological polar surface area (TPSA) is 0 Å². The van der Waals surface area contributed by atoms with Gasteiger partial charge in [-0.05, 0) is 107 Å². The maximum absolute atomic E-state index is 2.72. The zero-order chi connectivity index (χ0) is 21.8. The van der Waals surface area contributed by atoms with Gasteiger partial charge in [0.1, 0.15) is 0 Å². The molecule has 2 aromatic rings. The molecule has 0 spiro atoms. The quantitative estimate of drug-likeness (QED) is 0.455. The first-order chi connectivity index (χ1) is 14.9. The van der Waals surface area contributed by atoms with E-state index >= 15 is 0 Å². The number of rotatable bonds is 3. The van der Waals surface area contributed by atoms with Gasteiger partial charge in [0.2, 0.25) is 0 Å². The smallest absolute Gasteiger partial charge is 0.0169 e. The standard InChI is InChI=1S/C30H42S/c1-20-12-9-10-17-28(20)31(4,5)30-22(3)21(2)18-26-27(30)19-24-15-11-16-25(24)29(26)23-13-7-6-8-14-23/h6-8,13-14,19-22,28,30H,9-12,15-18H2,1-5H3. The zero-order valence-electron chi connectivity index (χ0n) is 20.4. The molecule has 2 aromatic carbocycles. The lowest BCUT2D eigenvalue weighted by molar-refractivity contribution is 0.344. The van der Waals surface area contributed by atoms with Crippen LogP contribution in [-0.2, 0) is 19.3 Å². The normalized spacial score (nSPS) is 31.2. The molecular formula is C30H42S. The van der Waals surface area contributed by atoms with Gasteiger partial charge in [-0.1, -0.05) is 70.0 Å².